The van der Waals surface area contributed by atoms with E-state index in [0.717, 1.165) is 48.2 Å². The smallest absolute Gasteiger partial charge is 0.157 e. The molecule has 2 aliphatic rings. The van der Waals surface area contributed by atoms with Crippen LogP contribution in [0.25, 0.3) is 16.7 Å². The lowest BCUT2D eigenvalue weighted by atomic mass is 9.99. The summed E-state index contributed by atoms with van der Waals surface area (Å²) in [7, 11) is 0. The Kier molecular flexibility index (Phi) is 4.19. The number of furan rings is 1. The molecule has 1 aliphatic heterocycles. The van der Waals surface area contributed by atoms with E-state index in [9.17, 15) is 4.39 Å². The lowest BCUT2D eigenvalue weighted by Crippen LogP contribution is -2.30. The molecule has 30 heavy (non-hydrogen) atoms. The zero-order valence-electron chi connectivity index (χ0n) is 17.0. The van der Waals surface area contributed by atoms with Crippen LogP contribution in [0.2, 0.25) is 0 Å². The van der Waals surface area contributed by atoms with Crippen molar-refractivity contribution in [2.45, 2.75) is 38.0 Å². The van der Waals surface area contributed by atoms with Gasteiger partial charge in [-0.25, -0.2) is 4.39 Å². The summed E-state index contributed by atoms with van der Waals surface area (Å²) in [5, 5.41) is 1.12. The lowest BCUT2D eigenvalue weighted by Gasteiger charge is -2.29. The van der Waals surface area contributed by atoms with Gasteiger partial charge in [0.2, 0.25) is 0 Å². The number of aromatic nitrogens is 1. The summed E-state index contributed by atoms with van der Waals surface area (Å²) in [6.45, 7) is 2.18. The molecule has 4 aromatic rings. The molecule has 0 amide bonds. The molecule has 0 spiro atoms. The SMILES string of the molecule is Fc1ccc2c(c1)CC(c1cc(N3CCCCC3)n(-c3cccc4ccoc34)c1)C2. The van der Waals surface area contributed by atoms with Crippen molar-refractivity contribution in [3.63, 3.8) is 0 Å². The second-order valence-corrected chi connectivity index (χ2v) is 8.68. The van der Waals surface area contributed by atoms with Crippen molar-refractivity contribution in [2.24, 2.45) is 0 Å². The molecular formula is C26H25FN2O. The molecule has 6 rings (SSSR count). The summed E-state index contributed by atoms with van der Waals surface area (Å²) < 4.78 is 21.9. The predicted octanol–water partition coefficient (Wildman–Crippen LogP) is 6.24. The Morgan fingerprint density at radius 3 is 2.67 bits per heavy atom. The first-order valence-corrected chi connectivity index (χ1v) is 11.0. The van der Waals surface area contributed by atoms with Gasteiger partial charge in [-0.1, -0.05) is 18.2 Å². The number of hydrogen-bond donors (Lipinski definition) is 0. The maximum atomic E-state index is 13.7. The van der Waals surface area contributed by atoms with Crippen molar-refractivity contribution < 1.29 is 8.81 Å². The number of halogens is 1. The Balaban J connectivity index is 1.44. The average Bonchev–Trinajstić information content (AvgIpc) is 3.51. The summed E-state index contributed by atoms with van der Waals surface area (Å²) >= 11 is 0. The minimum Gasteiger partial charge on any atom is -0.462 e. The molecule has 4 heteroatoms. The molecule has 1 fully saturated rings. The van der Waals surface area contributed by atoms with Crippen LogP contribution in [0.5, 0.6) is 0 Å². The number of benzene rings is 2. The number of hydrogen-bond acceptors (Lipinski definition) is 2. The zero-order valence-corrected chi connectivity index (χ0v) is 17.0. The van der Waals surface area contributed by atoms with Gasteiger partial charge < -0.3 is 9.32 Å². The minimum absolute atomic E-state index is 0.134. The van der Waals surface area contributed by atoms with Gasteiger partial charge in [-0.15, -0.1) is 0 Å². The maximum Gasteiger partial charge on any atom is 0.157 e. The minimum atomic E-state index is -0.134. The van der Waals surface area contributed by atoms with Gasteiger partial charge in [0.05, 0.1) is 12.0 Å². The van der Waals surface area contributed by atoms with Crippen LogP contribution in [0.1, 0.15) is 41.9 Å². The second kappa shape index (κ2) is 7.05. The topological polar surface area (TPSA) is 21.3 Å². The van der Waals surface area contributed by atoms with Crippen molar-refractivity contribution >= 4 is 16.8 Å². The van der Waals surface area contributed by atoms with Crippen molar-refractivity contribution in [2.75, 3.05) is 18.0 Å². The molecule has 152 valence electrons. The van der Waals surface area contributed by atoms with Crippen molar-refractivity contribution in [1.29, 1.82) is 0 Å². The fourth-order valence-electron chi connectivity index (χ4n) is 5.24. The molecule has 0 saturated carbocycles. The van der Waals surface area contributed by atoms with Gasteiger partial charge in [0, 0.05) is 24.7 Å². The van der Waals surface area contributed by atoms with E-state index < -0.39 is 0 Å². The Morgan fingerprint density at radius 1 is 0.900 bits per heavy atom. The van der Waals surface area contributed by atoms with Gasteiger partial charge >= 0.3 is 0 Å². The highest BCUT2D eigenvalue weighted by molar-refractivity contribution is 5.85. The van der Waals surface area contributed by atoms with E-state index in [0.29, 0.717) is 5.92 Å². The van der Waals surface area contributed by atoms with Crippen LogP contribution >= 0.6 is 0 Å². The molecule has 0 radical (unpaired) electrons. The van der Waals surface area contributed by atoms with Crippen LogP contribution in [0.4, 0.5) is 10.2 Å². The Bertz CT molecular complexity index is 1210. The molecule has 3 nitrogen and oxygen atoms in total. The van der Waals surface area contributed by atoms with Crippen molar-refractivity contribution in [3.8, 4) is 5.69 Å². The average molecular weight is 400 g/mol. The summed E-state index contributed by atoms with van der Waals surface area (Å²) in [5.74, 6) is 1.50. The van der Waals surface area contributed by atoms with Crippen molar-refractivity contribution in [3.05, 3.63) is 83.5 Å². The summed E-state index contributed by atoms with van der Waals surface area (Å²) in [4.78, 5) is 2.51. The normalized spacial score (nSPS) is 18.8. The van der Waals surface area contributed by atoms with Crippen LogP contribution in [-0.2, 0) is 12.8 Å². The number of para-hydroxylation sites is 1. The Hall–Kier alpha value is -3.01. The molecule has 1 aliphatic carbocycles. The third kappa shape index (κ3) is 2.94. The monoisotopic (exact) mass is 400 g/mol. The molecule has 0 N–H and O–H groups in total. The van der Waals surface area contributed by atoms with E-state index in [4.69, 9.17) is 4.42 Å². The van der Waals surface area contributed by atoms with Gasteiger partial charge in [0.15, 0.2) is 5.58 Å². The second-order valence-electron chi connectivity index (χ2n) is 8.68. The van der Waals surface area contributed by atoms with E-state index in [1.54, 1.807) is 18.4 Å². The van der Waals surface area contributed by atoms with E-state index in [-0.39, 0.29) is 5.82 Å². The third-order valence-electron chi connectivity index (χ3n) is 6.79. The summed E-state index contributed by atoms with van der Waals surface area (Å²) in [5.41, 5.74) is 5.78. The number of nitrogens with zero attached hydrogens (tertiary/aromatic N) is 2. The highest BCUT2D eigenvalue weighted by atomic mass is 19.1. The number of anilines is 1. The van der Waals surface area contributed by atoms with Gasteiger partial charge in [-0.05, 0) is 85.0 Å². The Labute approximate surface area is 175 Å². The van der Waals surface area contributed by atoms with Crippen LogP contribution in [0.3, 0.4) is 0 Å². The summed E-state index contributed by atoms with van der Waals surface area (Å²) in [6, 6.07) is 16.0. The molecule has 3 heterocycles. The first-order valence-electron chi connectivity index (χ1n) is 11.0. The standard InChI is InChI=1S/C26H25FN2O/c27-23-8-7-19-13-20(14-21(19)15-23)22-16-25(28-10-2-1-3-11-28)29(17-22)24-6-4-5-18-9-12-30-26(18)24/h4-9,12,15-17,20H,1-3,10-11,13-14H2. The molecule has 2 aromatic carbocycles. The quantitative estimate of drug-likeness (QED) is 0.406. The highest BCUT2D eigenvalue weighted by Gasteiger charge is 2.27. The largest absolute Gasteiger partial charge is 0.462 e. The zero-order chi connectivity index (χ0) is 20.1. The molecule has 1 unspecified atom stereocenters. The fraction of sp³-hybridized carbons (Fsp3) is 0.308. The van der Waals surface area contributed by atoms with E-state index in [2.05, 4.69) is 39.9 Å². The third-order valence-corrected chi connectivity index (χ3v) is 6.79. The van der Waals surface area contributed by atoms with E-state index >= 15 is 0 Å². The van der Waals surface area contributed by atoms with Crippen LogP contribution in [0, 0.1) is 5.82 Å². The Morgan fingerprint density at radius 2 is 1.77 bits per heavy atom. The van der Waals surface area contributed by atoms with Gasteiger partial charge in [-0.2, -0.15) is 0 Å². The number of fused-ring (bicyclic) bond motifs is 2. The summed E-state index contributed by atoms with van der Waals surface area (Å²) in [6.07, 6.45) is 9.71. The number of rotatable bonds is 3. The van der Waals surface area contributed by atoms with Gasteiger partial charge in [0.1, 0.15) is 11.6 Å². The van der Waals surface area contributed by atoms with Crippen molar-refractivity contribution in [1.82, 2.24) is 4.57 Å². The fourth-order valence-corrected chi connectivity index (χ4v) is 5.24. The molecule has 1 saturated heterocycles. The number of piperidine rings is 1. The first-order chi connectivity index (χ1) is 14.8. The predicted molar refractivity (Wildman–Crippen MR) is 118 cm³/mol. The molecule has 2 aromatic heterocycles. The maximum absolute atomic E-state index is 13.7. The molecule has 0 bridgehead atoms. The molecular weight excluding hydrogens is 375 g/mol. The lowest BCUT2D eigenvalue weighted by molar-refractivity contribution is 0.570. The first kappa shape index (κ1) is 17.8. The van der Waals surface area contributed by atoms with Gasteiger partial charge in [-0.3, -0.25) is 4.57 Å². The highest BCUT2D eigenvalue weighted by Crippen LogP contribution is 2.39. The van der Waals surface area contributed by atoms with E-state index in [1.807, 2.05) is 12.1 Å². The van der Waals surface area contributed by atoms with Crippen LogP contribution in [-0.4, -0.2) is 17.7 Å². The van der Waals surface area contributed by atoms with Crippen LogP contribution < -0.4 is 4.90 Å². The van der Waals surface area contributed by atoms with E-state index in [1.165, 1.54) is 36.2 Å². The van der Waals surface area contributed by atoms with Crippen LogP contribution in [0.15, 0.2) is 65.4 Å². The van der Waals surface area contributed by atoms with Gasteiger partial charge in [0.25, 0.3) is 0 Å². The molecule has 1 atom stereocenters.